The van der Waals surface area contributed by atoms with Crippen LogP contribution in [0.2, 0.25) is 0 Å². The molecule has 1 saturated heterocycles. The molecule has 2 aromatic rings. The van der Waals surface area contributed by atoms with Gasteiger partial charge in [-0.05, 0) is 31.5 Å². The van der Waals surface area contributed by atoms with E-state index < -0.39 is 6.10 Å². The van der Waals surface area contributed by atoms with Gasteiger partial charge in [-0.1, -0.05) is 0 Å². The van der Waals surface area contributed by atoms with Gasteiger partial charge < -0.3 is 14.7 Å². The fourth-order valence-corrected chi connectivity index (χ4v) is 3.28. The summed E-state index contributed by atoms with van der Waals surface area (Å²) < 4.78 is 5.25. The highest BCUT2D eigenvalue weighted by Crippen LogP contribution is 2.21. The van der Waals surface area contributed by atoms with Crippen LogP contribution in [0.3, 0.4) is 0 Å². The SMILES string of the molecule is CCOC[C@H](O)CN1CCN(C(=O)c2cc(C)cc3cn[nH]c23)CC1. The second-order valence-corrected chi connectivity index (χ2v) is 6.55. The van der Waals surface area contributed by atoms with Crippen LogP contribution in [0.15, 0.2) is 18.3 Å². The molecule has 0 radical (unpaired) electrons. The first-order valence-corrected chi connectivity index (χ1v) is 8.79. The summed E-state index contributed by atoms with van der Waals surface area (Å²) in [6.07, 6.45) is 1.26. The lowest BCUT2D eigenvalue weighted by Gasteiger charge is -2.35. The molecule has 7 nitrogen and oxygen atoms in total. The van der Waals surface area contributed by atoms with Crippen molar-refractivity contribution in [2.75, 3.05) is 45.9 Å². The molecular formula is C18H26N4O3. The van der Waals surface area contributed by atoms with Gasteiger partial charge in [0.15, 0.2) is 0 Å². The zero-order valence-corrected chi connectivity index (χ0v) is 14.9. The summed E-state index contributed by atoms with van der Waals surface area (Å²) in [5.74, 6) is 0.0347. The minimum Gasteiger partial charge on any atom is -0.389 e. The molecule has 3 rings (SSSR count). The molecule has 25 heavy (non-hydrogen) atoms. The minimum absolute atomic E-state index is 0.0347. The monoisotopic (exact) mass is 346 g/mol. The molecule has 0 saturated carbocycles. The zero-order chi connectivity index (χ0) is 17.8. The molecule has 1 aromatic heterocycles. The predicted octanol–water partition coefficient (Wildman–Crippen LogP) is 1.03. The van der Waals surface area contributed by atoms with E-state index in [9.17, 15) is 9.90 Å². The molecule has 1 aliphatic heterocycles. The number of aryl methyl sites for hydroxylation is 1. The van der Waals surface area contributed by atoms with Crippen molar-refractivity contribution in [1.82, 2.24) is 20.0 Å². The molecule has 1 aliphatic rings. The van der Waals surface area contributed by atoms with E-state index in [1.165, 1.54) is 0 Å². The average molecular weight is 346 g/mol. The predicted molar refractivity (Wildman–Crippen MR) is 95.7 cm³/mol. The van der Waals surface area contributed by atoms with Gasteiger partial charge in [-0.15, -0.1) is 0 Å². The van der Waals surface area contributed by atoms with Crippen LogP contribution in [0.5, 0.6) is 0 Å². The maximum absolute atomic E-state index is 12.9. The molecule has 2 heterocycles. The highest BCUT2D eigenvalue weighted by Gasteiger charge is 2.25. The number of ether oxygens (including phenoxy) is 1. The van der Waals surface area contributed by atoms with E-state index in [4.69, 9.17) is 4.74 Å². The van der Waals surface area contributed by atoms with Gasteiger partial charge >= 0.3 is 0 Å². The van der Waals surface area contributed by atoms with E-state index >= 15 is 0 Å². The highest BCUT2D eigenvalue weighted by atomic mass is 16.5. The van der Waals surface area contributed by atoms with Gasteiger partial charge in [-0.3, -0.25) is 14.8 Å². The molecule has 1 atom stereocenters. The molecule has 1 fully saturated rings. The smallest absolute Gasteiger partial charge is 0.256 e. The topological polar surface area (TPSA) is 81.7 Å². The Kier molecular flexibility index (Phi) is 5.67. The Morgan fingerprint density at radius 1 is 1.36 bits per heavy atom. The summed E-state index contributed by atoms with van der Waals surface area (Å²) in [6, 6.07) is 3.94. The number of aromatic amines is 1. The number of piperazine rings is 1. The number of benzene rings is 1. The average Bonchev–Trinajstić information content (AvgIpc) is 3.07. The maximum atomic E-state index is 12.9. The summed E-state index contributed by atoms with van der Waals surface area (Å²) >= 11 is 0. The molecule has 136 valence electrons. The van der Waals surface area contributed by atoms with Crippen LogP contribution in [0.4, 0.5) is 0 Å². The number of nitrogens with one attached hydrogen (secondary N) is 1. The molecular weight excluding hydrogens is 320 g/mol. The second-order valence-electron chi connectivity index (χ2n) is 6.55. The Balaban J connectivity index is 1.61. The van der Waals surface area contributed by atoms with Gasteiger partial charge in [-0.25, -0.2) is 0 Å². The fourth-order valence-electron chi connectivity index (χ4n) is 3.28. The molecule has 2 N–H and O–H groups in total. The number of amides is 1. The number of nitrogens with zero attached hydrogens (tertiary/aromatic N) is 3. The van der Waals surface area contributed by atoms with Crippen molar-refractivity contribution in [3.63, 3.8) is 0 Å². The third-order valence-electron chi connectivity index (χ3n) is 4.57. The minimum atomic E-state index is -0.483. The fraction of sp³-hybridized carbons (Fsp3) is 0.556. The number of carbonyl (C=O) groups excluding carboxylic acids is 1. The largest absolute Gasteiger partial charge is 0.389 e. The number of rotatable bonds is 6. The molecule has 0 unspecified atom stereocenters. The van der Waals surface area contributed by atoms with Crippen LogP contribution in [0.1, 0.15) is 22.8 Å². The van der Waals surface area contributed by atoms with Gasteiger partial charge in [-0.2, -0.15) is 5.10 Å². The van der Waals surface area contributed by atoms with Crippen molar-refractivity contribution in [1.29, 1.82) is 0 Å². The third-order valence-corrected chi connectivity index (χ3v) is 4.57. The van der Waals surface area contributed by atoms with Crippen LogP contribution in [-0.4, -0.2) is 83.1 Å². The lowest BCUT2D eigenvalue weighted by atomic mass is 10.1. The van der Waals surface area contributed by atoms with Gasteiger partial charge in [0.25, 0.3) is 5.91 Å². The van der Waals surface area contributed by atoms with Crippen molar-refractivity contribution in [3.8, 4) is 0 Å². The normalized spacial score (nSPS) is 17.2. The van der Waals surface area contributed by atoms with E-state index in [1.807, 2.05) is 30.9 Å². The number of H-pyrrole nitrogens is 1. The number of carbonyl (C=O) groups is 1. The maximum Gasteiger partial charge on any atom is 0.256 e. The van der Waals surface area contributed by atoms with Gasteiger partial charge in [0.1, 0.15) is 0 Å². The Labute approximate surface area is 147 Å². The first-order chi connectivity index (χ1) is 12.1. The number of aromatic nitrogens is 2. The first-order valence-electron chi connectivity index (χ1n) is 8.79. The lowest BCUT2D eigenvalue weighted by molar-refractivity contribution is 0.0111. The highest BCUT2D eigenvalue weighted by molar-refractivity contribution is 6.05. The number of β-amino-alcohol motifs (C(OH)–C–C–N with tert-alkyl or cyclic N) is 1. The molecule has 1 aromatic carbocycles. The molecule has 0 spiro atoms. The summed E-state index contributed by atoms with van der Waals surface area (Å²) in [4.78, 5) is 17.0. The Morgan fingerprint density at radius 3 is 2.84 bits per heavy atom. The van der Waals surface area contributed by atoms with Crippen molar-refractivity contribution >= 4 is 16.8 Å². The molecule has 1 amide bonds. The molecule has 0 aliphatic carbocycles. The quantitative estimate of drug-likeness (QED) is 0.816. The first kappa shape index (κ1) is 17.8. The number of hydrogen-bond acceptors (Lipinski definition) is 5. The van der Waals surface area contributed by atoms with Crippen molar-refractivity contribution in [3.05, 3.63) is 29.5 Å². The summed E-state index contributed by atoms with van der Waals surface area (Å²) in [7, 11) is 0. The third kappa shape index (κ3) is 4.18. The van der Waals surface area contributed by atoms with E-state index in [1.54, 1.807) is 6.20 Å². The zero-order valence-electron chi connectivity index (χ0n) is 14.9. The summed E-state index contributed by atoms with van der Waals surface area (Å²) in [5, 5.41) is 17.9. The van der Waals surface area contributed by atoms with Crippen LogP contribution >= 0.6 is 0 Å². The van der Waals surface area contributed by atoms with E-state index in [0.717, 1.165) is 29.6 Å². The number of fused-ring (bicyclic) bond motifs is 1. The van der Waals surface area contributed by atoms with Crippen molar-refractivity contribution in [2.45, 2.75) is 20.0 Å². The lowest BCUT2D eigenvalue weighted by Crippen LogP contribution is -2.50. The number of aliphatic hydroxyl groups excluding tert-OH is 1. The standard InChI is InChI=1S/C18H26N4O3/c1-3-25-12-15(23)11-21-4-6-22(7-5-21)18(24)16-9-13(2)8-14-10-19-20-17(14)16/h8-10,15,23H,3-7,11-12H2,1-2H3,(H,19,20)/t15-/m1/s1. The second kappa shape index (κ2) is 7.95. The van der Waals surface area contributed by atoms with Gasteiger partial charge in [0.05, 0.1) is 30.0 Å². The summed E-state index contributed by atoms with van der Waals surface area (Å²) in [5.41, 5.74) is 2.53. The van der Waals surface area contributed by atoms with E-state index in [0.29, 0.717) is 38.4 Å². The van der Waals surface area contributed by atoms with Gasteiger partial charge in [0.2, 0.25) is 0 Å². The van der Waals surface area contributed by atoms with Crippen molar-refractivity contribution < 1.29 is 14.6 Å². The van der Waals surface area contributed by atoms with Crippen LogP contribution in [0.25, 0.3) is 10.9 Å². The number of hydrogen-bond donors (Lipinski definition) is 2. The van der Waals surface area contributed by atoms with Crippen molar-refractivity contribution in [2.24, 2.45) is 0 Å². The van der Waals surface area contributed by atoms with Crippen LogP contribution in [-0.2, 0) is 4.74 Å². The Hall–Kier alpha value is -1.96. The number of aliphatic hydroxyl groups is 1. The summed E-state index contributed by atoms with van der Waals surface area (Å²) in [6.45, 7) is 8.28. The van der Waals surface area contributed by atoms with Crippen LogP contribution < -0.4 is 0 Å². The molecule has 7 heteroatoms. The van der Waals surface area contributed by atoms with E-state index in [2.05, 4.69) is 15.1 Å². The van der Waals surface area contributed by atoms with Gasteiger partial charge in [0, 0.05) is 44.7 Å². The Bertz CT molecular complexity index is 722. The molecule has 0 bridgehead atoms. The Morgan fingerprint density at radius 2 is 2.12 bits per heavy atom. The van der Waals surface area contributed by atoms with E-state index in [-0.39, 0.29) is 5.91 Å². The van der Waals surface area contributed by atoms with Crippen LogP contribution in [0, 0.1) is 6.92 Å².